The van der Waals surface area contributed by atoms with E-state index >= 15 is 0 Å². The first-order valence-electron chi connectivity index (χ1n) is 6.37. The number of nitrogens with one attached hydrogen (secondary N) is 1. The van der Waals surface area contributed by atoms with E-state index in [4.69, 9.17) is 9.15 Å². The molecule has 0 amide bonds. The summed E-state index contributed by atoms with van der Waals surface area (Å²) in [6.45, 7) is 3.09. The number of anilines is 1. The predicted molar refractivity (Wildman–Crippen MR) is 74.4 cm³/mol. The smallest absolute Gasteiger partial charge is 0.376 e. The summed E-state index contributed by atoms with van der Waals surface area (Å²) < 4.78 is 62.1. The van der Waals surface area contributed by atoms with Gasteiger partial charge in [-0.2, -0.15) is 4.98 Å². The van der Waals surface area contributed by atoms with E-state index < -0.39 is 38.5 Å². The number of sulfonamides is 1. The van der Waals surface area contributed by atoms with Gasteiger partial charge in [-0.15, -0.1) is 0 Å². The molecule has 0 spiro atoms. The lowest BCUT2D eigenvalue weighted by Gasteiger charge is -2.05. The number of ether oxygens (including phenoxy) is 1. The van der Waals surface area contributed by atoms with Gasteiger partial charge >= 0.3 is 12.0 Å². The van der Waals surface area contributed by atoms with Crippen molar-refractivity contribution < 1.29 is 31.1 Å². The minimum atomic E-state index is -4.40. The molecule has 7 nitrogen and oxygen atoms in total. The number of hydrogen-bond acceptors (Lipinski definition) is 6. The Hall–Kier alpha value is -2.49. The predicted octanol–water partition coefficient (Wildman–Crippen LogP) is 2.24. The zero-order valence-corrected chi connectivity index (χ0v) is 12.9. The SMILES string of the molecule is CCOC(=O)c1oc(NS(=O)(=O)c2ccc(F)cc2F)nc1C. The number of esters is 1. The first kappa shape index (κ1) is 16.9. The molecule has 0 radical (unpaired) electrons. The molecule has 0 aliphatic heterocycles. The molecule has 2 rings (SSSR count). The van der Waals surface area contributed by atoms with Crippen LogP contribution in [0.3, 0.4) is 0 Å². The molecule has 1 aromatic carbocycles. The second-order valence-corrected chi connectivity index (χ2v) is 5.99. The minimum absolute atomic E-state index is 0.0979. The standard InChI is InChI=1S/C13H12F2N2O5S/c1-3-21-12(18)11-7(2)16-13(22-11)17-23(19,20)10-5-4-8(14)6-9(10)15/h4-6H,3H2,1-2H3,(H,16,17). The van der Waals surface area contributed by atoms with E-state index in [2.05, 4.69) is 4.98 Å². The van der Waals surface area contributed by atoms with Crippen LogP contribution in [-0.4, -0.2) is 26.0 Å². The van der Waals surface area contributed by atoms with Crippen LogP contribution in [0.4, 0.5) is 14.8 Å². The zero-order valence-electron chi connectivity index (χ0n) is 12.1. The summed E-state index contributed by atoms with van der Waals surface area (Å²) in [6, 6.07) is 1.45. The van der Waals surface area contributed by atoms with Crippen LogP contribution in [0.15, 0.2) is 27.5 Å². The fourth-order valence-electron chi connectivity index (χ4n) is 1.69. The molecule has 124 valence electrons. The van der Waals surface area contributed by atoms with E-state index in [0.717, 1.165) is 12.1 Å². The highest BCUT2D eigenvalue weighted by molar-refractivity contribution is 7.92. The molecule has 0 unspecified atom stereocenters. The van der Waals surface area contributed by atoms with Gasteiger partial charge in [0.15, 0.2) is 0 Å². The molecule has 0 aliphatic carbocycles. The Labute approximate surface area is 130 Å². The fraction of sp³-hybridized carbons (Fsp3) is 0.231. The topological polar surface area (TPSA) is 98.5 Å². The molecular formula is C13H12F2N2O5S. The minimum Gasteiger partial charge on any atom is -0.460 e. The van der Waals surface area contributed by atoms with Crippen LogP contribution in [-0.2, 0) is 14.8 Å². The van der Waals surface area contributed by atoms with Crippen LogP contribution in [0, 0.1) is 18.6 Å². The zero-order chi connectivity index (χ0) is 17.2. The molecule has 0 bridgehead atoms. The highest BCUT2D eigenvalue weighted by Gasteiger charge is 2.24. The Morgan fingerprint density at radius 2 is 2.09 bits per heavy atom. The van der Waals surface area contributed by atoms with Gasteiger partial charge in [0.05, 0.1) is 12.3 Å². The van der Waals surface area contributed by atoms with Gasteiger partial charge in [0.2, 0.25) is 5.76 Å². The van der Waals surface area contributed by atoms with Gasteiger partial charge in [0.1, 0.15) is 16.5 Å². The molecule has 1 aromatic heterocycles. The Morgan fingerprint density at radius 3 is 2.70 bits per heavy atom. The first-order chi connectivity index (χ1) is 10.7. The van der Waals surface area contributed by atoms with E-state index in [9.17, 15) is 22.0 Å². The number of oxazole rings is 1. The number of nitrogens with zero attached hydrogens (tertiary/aromatic N) is 1. The van der Waals surface area contributed by atoms with Crippen molar-refractivity contribution in [2.75, 3.05) is 11.3 Å². The highest BCUT2D eigenvalue weighted by Crippen LogP contribution is 2.21. The maximum Gasteiger partial charge on any atom is 0.376 e. The molecular weight excluding hydrogens is 334 g/mol. The van der Waals surface area contributed by atoms with Crippen molar-refractivity contribution in [3.05, 3.63) is 41.3 Å². The van der Waals surface area contributed by atoms with Crippen LogP contribution in [0.5, 0.6) is 0 Å². The van der Waals surface area contributed by atoms with Gasteiger partial charge in [-0.3, -0.25) is 0 Å². The van der Waals surface area contributed by atoms with Gasteiger partial charge in [0.25, 0.3) is 10.0 Å². The van der Waals surface area contributed by atoms with Crippen molar-refractivity contribution in [3.63, 3.8) is 0 Å². The monoisotopic (exact) mass is 346 g/mol. The molecule has 10 heteroatoms. The van der Waals surface area contributed by atoms with E-state index in [-0.39, 0.29) is 18.1 Å². The third kappa shape index (κ3) is 3.65. The normalized spacial score (nSPS) is 11.3. The fourth-order valence-corrected chi connectivity index (χ4v) is 2.68. The molecule has 0 saturated heterocycles. The third-order valence-corrected chi connectivity index (χ3v) is 4.02. The summed E-state index contributed by atoms with van der Waals surface area (Å²) in [6.07, 6.45) is 0. The molecule has 0 aliphatic rings. The number of hydrogen-bond donors (Lipinski definition) is 1. The molecule has 0 fully saturated rings. The second-order valence-electron chi connectivity index (χ2n) is 4.33. The number of carbonyl (C=O) groups excluding carboxylic acids is 1. The van der Waals surface area contributed by atoms with Gasteiger partial charge < -0.3 is 9.15 Å². The number of carbonyl (C=O) groups is 1. The summed E-state index contributed by atoms with van der Waals surface area (Å²) in [5.41, 5.74) is 0.0979. The van der Waals surface area contributed by atoms with Gasteiger partial charge in [-0.05, 0) is 26.0 Å². The van der Waals surface area contributed by atoms with E-state index in [1.54, 1.807) is 6.92 Å². The summed E-state index contributed by atoms with van der Waals surface area (Å²) in [5, 5.41) is 0. The Morgan fingerprint density at radius 1 is 1.39 bits per heavy atom. The van der Waals surface area contributed by atoms with Crippen molar-refractivity contribution in [3.8, 4) is 0 Å². The van der Waals surface area contributed by atoms with E-state index in [1.165, 1.54) is 6.92 Å². The highest BCUT2D eigenvalue weighted by atomic mass is 32.2. The van der Waals surface area contributed by atoms with Crippen LogP contribution >= 0.6 is 0 Å². The van der Waals surface area contributed by atoms with Crippen molar-refractivity contribution in [2.45, 2.75) is 18.7 Å². The largest absolute Gasteiger partial charge is 0.460 e. The average Bonchev–Trinajstić information content (AvgIpc) is 2.78. The van der Waals surface area contributed by atoms with Crippen molar-refractivity contribution >= 4 is 22.0 Å². The molecule has 23 heavy (non-hydrogen) atoms. The van der Waals surface area contributed by atoms with Crippen LogP contribution in [0.2, 0.25) is 0 Å². The van der Waals surface area contributed by atoms with E-state index in [1.807, 2.05) is 4.72 Å². The van der Waals surface area contributed by atoms with Crippen molar-refractivity contribution in [1.82, 2.24) is 4.98 Å². The third-order valence-electron chi connectivity index (χ3n) is 2.66. The lowest BCUT2D eigenvalue weighted by molar-refractivity contribution is 0.0490. The number of aryl methyl sites for hydroxylation is 1. The molecule has 2 aromatic rings. The summed E-state index contributed by atoms with van der Waals surface area (Å²) in [7, 11) is -4.40. The lowest BCUT2D eigenvalue weighted by Crippen LogP contribution is -2.15. The number of aromatic nitrogens is 1. The van der Waals surface area contributed by atoms with Crippen LogP contribution in [0.1, 0.15) is 23.2 Å². The Balaban J connectivity index is 2.31. The van der Waals surface area contributed by atoms with Crippen molar-refractivity contribution in [2.24, 2.45) is 0 Å². The van der Waals surface area contributed by atoms with Gasteiger partial charge in [0, 0.05) is 6.07 Å². The number of rotatable bonds is 5. The Bertz CT molecular complexity index is 848. The maximum atomic E-state index is 13.6. The maximum absolute atomic E-state index is 13.6. The number of halogens is 2. The molecule has 0 saturated carbocycles. The summed E-state index contributed by atoms with van der Waals surface area (Å²) >= 11 is 0. The number of benzene rings is 1. The molecule has 0 atom stereocenters. The summed E-state index contributed by atoms with van der Waals surface area (Å²) in [4.78, 5) is 14.5. The van der Waals surface area contributed by atoms with Gasteiger partial charge in [-0.25, -0.2) is 26.7 Å². The molecule has 1 heterocycles. The molecule has 1 N–H and O–H groups in total. The quantitative estimate of drug-likeness (QED) is 0.834. The van der Waals surface area contributed by atoms with Crippen LogP contribution in [0.25, 0.3) is 0 Å². The van der Waals surface area contributed by atoms with Gasteiger partial charge in [-0.1, -0.05) is 0 Å². The van der Waals surface area contributed by atoms with E-state index in [0.29, 0.717) is 6.07 Å². The first-order valence-corrected chi connectivity index (χ1v) is 7.85. The average molecular weight is 346 g/mol. The second kappa shape index (κ2) is 6.32. The summed E-state index contributed by atoms with van der Waals surface area (Å²) in [5.74, 6) is -3.27. The Kier molecular flexibility index (Phi) is 4.64. The van der Waals surface area contributed by atoms with Crippen LogP contribution < -0.4 is 4.72 Å². The van der Waals surface area contributed by atoms with Crippen molar-refractivity contribution in [1.29, 1.82) is 0 Å². The lowest BCUT2D eigenvalue weighted by atomic mass is 10.3.